The van der Waals surface area contributed by atoms with Crippen molar-refractivity contribution in [3.63, 3.8) is 0 Å². The first kappa shape index (κ1) is 14.8. The summed E-state index contributed by atoms with van der Waals surface area (Å²) in [7, 11) is 0. The molecule has 0 saturated heterocycles. The third-order valence-corrected chi connectivity index (χ3v) is 3.28. The number of pyridine rings is 2. The van der Waals surface area contributed by atoms with Gasteiger partial charge in [-0.3, -0.25) is 9.78 Å². The maximum atomic E-state index is 12.4. The number of hydrogen-bond donors (Lipinski definition) is 0. The van der Waals surface area contributed by atoms with E-state index in [4.69, 9.17) is 23.2 Å². The van der Waals surface area contributed by atoms with Crippen molar-refractivity contribution in [2.45, 2.75) is 13.5 Å². The van der Waals surface area contributed by atoms with Crippen LogP contribution in [0.5, 0.6) is 0 Å². The maximum Gasteiger partial charge on any atom is 0.274 e. The molecule has 0 bridgehead atoms. The fraction of sp³-hybridized carbons (Fsp3) is 0.214. The van der Waals surface area contributed by atoms with Gasteiger partial charge >= 0.3 is 0 Å². The number of aromatic nitrogens is 2. The quantitative estimate of drug-likeness (QED) is 0.813. The third kappa shape index (κ3) is 3.46. The van der Waals surface area contributed by atoms with Crippen LogP contribution in [0.4, 0.5) is 0 Å². The highest BCUT2D eigenvalue weighted by Crippen LogP contribution is 2.19. The van der Waals surface area contributed by atoms with Gasteiger partial charge in [-0.05, 0) is 31.2 Å². The number of halogens is 2. The van der Waals surface area contributed by atoms with E-state index >= 15 is 0 Å². The first-order chi connectivity index (χ1) is 9.61. The Balaban J connectivity index is 2.23. The minimum Gasteiger partial charge on any atom is -0.332 e. The Morgan fingerprint density at radius 1 is 1.25 bits per heavy atom. The van der Waals surface area contributed by atoms with E-state index in [0.717, 1.165) is 5.69 Å². The van der Waals surface area contributed by atoms with Gasteiger partial charge in [-0.15, -0.1) is 0 Å². The van der Waals surface area contributed by atoms with E-state index in [9.17, 15) is 4.79 Å². The molecule has 0 radical (unpaired) electrons. The van der Waals surface area contributed by atoms with Gasteiger partial charge in [0.2, 0.25) is 0 Å². The van der Waals surface area contributed by atoms with Crippen molar-refractivity contribution in [3.05, 3.63) is 58.1 Å². The monoisotopic (exact) mass is 309 g/mol. The van der Waals surface area contributed by atoms with Crippen LogP contribution in [-0.2, 0) is 6.54 Å². The van der Waals surface area contributed by atoms with Gasteiger partial charge < -0.3 is 4.90 Å². The van der Waals surface area contributed by atoms with Crippen LogP contribution in [-0.4, -0.2) is 27.3 Å². The van der Waals surface area contributed by atoms with Gasteiger partial charge in [-0.2, -0.15) is 0 Å². The molecule has 20 heavy (non-hydrogen) atoms. The third-order valence-electron chi connectivity index (χ3n) is 2.76. The Labute approximate surface area is 127 Å². The van der Waals surface area contributed by atoms with Crippen molar-refractivity contribution in [1.29, 1.82) is 0 Å². The molecule has 1 amide bonds. The smallest absolute Gasteiger partial charge is 0.274 e. The first-order valence-corrected chi connectivity index (χ1v) is 6.88. The average molecular weight is 310 g/mol. The van der Waals surface area contributed by atoms with Gasteiger partial charge in [0.25, 0.3) is 5.91 Å². The zero-order valence-electron chi connectivity index (χ0n) is 10.9. The molecular weight excluding hydrogens is 297 g/mol. The van der Waals surface area contributed by atoms with E-state index < -0.39 is 0 Å². The number of nitrogens with zero attached hydrogens (tertiary/aromatic N) is 3. The molecule has 4 nitrogen and oxygen atoms in total. The molecule has 0 fully saturated rings. The van der Waals surface area contributed by atoms with Crippen LogP contribution in [0.2, 0.25) is 10.2 Å². The summed E-state index contributed by atoms with van der Waals surface area (Å²) in [4.78, 5) is 22.3. The molecule has 2 rings (SSSR count). The Morgan fingerprint density at radius 2 is 2.05 bits per heavy atom. The largest absolute Gasteiger partial charge is 0.332 e. The van der Waals surface area contributed by atoms with Gasteiger partial charge in [-0.1, -0.05) is 29.3 Å². The summed E-state index contributed by atoms with van der Waals surface area (Å²) in [5.41, 5.74) is 0.970. The van der Waals surface area contributed by atoms with Crippen molar-refractivity contribution < 1.29 is 4.79 Å². The topological polar surface area (TPSA) is 46.1 Å². The summed E-state index contributed by atoms with van der Waals surface area (Å²) in [5, 5.41) is 0.533. The van der Waals surface area contributed by atoms with Crippen LogP contribution in [0, 0.1) is 0 Å². The SMILES string of the molecule is CCN(Cc1ccccn1)C(=O)c1nc(Cl)ccc1Cl. The molecule has 2 heterocycles. The molecule has 0 N–H and O–H groups in total. The molecule has 0 saturated carbocycles. The van der Waals surface area contributed by atoms with Gasteiger partial charge in [0.1, 0.15) is 10.8 Å². The number of carbonyl (C=O) groups excluding carboxylic acids is 1. The van der Waals surface area contributed by atoms with Crippen LogP contribution in [0.1, 0.15) is 23.1 Å². The number of hydrogen-bond acceptors (Lipinski definition) is 3. The second kappa shape index (κ2) is 6.68. The lowest BCUT2D eigenvalue weighted by Crippen LogP contribution is -2.31. The fourth-order valence-corrected chi connectivity index (χ4v) is 2.07. The molecule has 104 valence electrons. The van der Waals surface area contributed by atoms with Crippen LogP contribution >= 0.6 is 23.2 Å². The Morgan fingerprint density at radius 3 is 2.70 bits per heavy atom. The molecule has 0 unspecified atom stereocenters. The average Bonchev–Trinajstić information content (AvgIpc) is 2.47. The molecule has 0 aliphatic heterocycles. The van der Waals surface area contributed by atoms with Gasteiger partial charge in [0.05, 0.1) is 17.3 Å². The van der Waals surface area contributed by atoms with Crippen molar-refractivity contribution in [3.8, 4) is 0 Å². The molecule has 2 aromatic rings. The zero-order valence-corrected chi connectivity index (χ0v) is 12.4. The summed E-state index contributed by atoms with van der Waals surface area (Å²) >= 11 is 11.8. The van der Waals surface area contributed by atoms with E-state index in [1.54, 1.807) is 23.2 Å². The molecule has 2 aromatic heterocycles. The van der Waals surface area contributed by atoms with Gasteiger partial charge in [0, 0.05) is 12.7 Å². The zero-order chi connectivity index (χ0) is 14.5. The number of amides is 1. The lowest BCUT2D eigenvalue weighted by atomic mass is 10.2. The normalized spacial score (nSPS) is 10.3. The van der Waals surface area contributed by atoms with Crippen molar-refractivity contribution in [2.24, 2.45) is 0 Å². The van der Waals surface area contributed by atoms with Crippen LogP contribution in [0.15, 0.2) is 36.5 Å². The first-order valence-electron chi connectivity index (χ1n) is 6.13. The Hall–Kier alpha value is -1.65. The summed E-state index contributed by atoms with van der Waals surface area (Å²) in [6, 6.07) is 8.69. The van der Waals surface area contributed by atoms with Crippen LogP contribution < -0.4 is 0 Å². The molecule has 0 aliphatic carbocycles. The predicted molar refractivity (Wildman–Crippen MR) is 78.9 cm³/mol. The number of rotatable bonds is 4. The van der Waals surface area contributed by atoms with Gasteiger partial charge in [-0.25, -0.2) is 4.98 Å². The Kier molecular flexibility index (Phi) is 4.93. The van der Waals surface area contributed by atoms with E-state index in [1.807, 2.05) is 25.1 Å². The Bertz CT molecular complexity index is 605. The fourth-order valence-electron chi connectivity index (χ4n) is 1.73. The molecular formula is C14H13Cl2N3O. The van der Waals surface area contributed by atoms with E-state index in [2.05, 4.69) is 9.97 Å². The lowest BCUT2D eigenvalue weighted by molar-refractivity contribution is 0.0745. The second-order valence-electron chi connectivity index (χ2n) is 4.10. The summed E-state index contributed by atoms with van der Waals surface area (Å²) in [5.74, 6) is -0.259. The lowest BCUT2D eigenvalue weighted by Gasteiger charge is -2.20. The molecule has 0 spiro atoms. The van der Waals surface area contributed by atoms with Gasteiger partial charge in [0.15, 0.2) is 0 Å². The highest BCUT2D eigenvalue weighted by Gasteiger charge is 2.19. The molecule has 6 heteroatoms. The van der Waals surface area contributed by atoms with E-state index in [-0.39, 0.29) is 16.8 Å². The van der Waals surface area contributed by atoms with Crippen molar-refractivity contribution >= 4 is 29.1 Å². The van der Waals surface area contributed by atoms with E-state index in [0.29, 0.717) is 18.1 Å². The minimum atomic E-state index is -0.259. The van der Waals surface area contributed by atoms with Crippen LogP contribution in [0.25, 0.3) is 0 Å². The van der Waals surface area contributed by atoms with Crippen molar-refractivity contribution in [2.75, 3.05) is 6.54 Å². The molecule has 0 atom stereocenters. The summed E-state index contributed by atoms with van der Waals surface area (Å²) in [6.07, 6.45) is 1.69. The minimum absolute atomic E-state index is 0.164. The predicted octanol–water partition coefficient (Wildman–Crippen LogP) is 3.45. The maximum absolute atomic E-state index is 12.4. The molecule has 0 aliphatic rings. The molecule has 0 aromatic carbocycles. The summed E-state index contributed by atoms with van der Waals surface area (Å²) < 4.78 is 0. The standard InChI is InChI=1S/C14H13Cl2N3O/c1-2-19(9-10-5-3-4-8-17-10)14(20)13-11(15)6-7-12(16)18-13/h3-8H,2,9H2,1H3. The summed E-state index contributed by atoms with van der Waals surface area (Å²) in [6.45, 7) is 2.82. The highest BCUT2D eigenvalue weighted by molar-refractivity contribution is 6.34. The van der Waals surface area contributed by atoms with E-state index in [1.165, 1.54) is 0 Å². The second-order valence-corrected chi connectivity index (χ2v) is 4.90. The highest BCUT2D eigenvalue weighted by atomic mass is 35.5. The van der Waals surface area contributed by atoms with Crippen LogP contribution in [0.3, 0.4) is 0 Å². The number of carbonyl (C=O) groups is 1. The van der Waals surface area contributed by atoms with Crippen molar-refractivity contribution in [1.82, 2.24) is 14.9 Å².